The van der Waals surface area contributed by atoms with Gasteiger partial charge in [-0.2, -0.15) is 0 Å². The van der Waals surface area contributed by atoms with Crippen LogP contribution >= 0.6 is 0 Å². The van der Waals surface area contributed by atoms with Crippen molar-refractivity contribution in [2.45, 2.75) is 38.4 Å². The van der Waals surface area contributed by atoms with E-state index in [1.165, 1.54) is 6.42 Å². The second-order valence-corrected chi connectivity index (χ2v) is 8.67. The van der Waals surface area contributed by atoms with Gasteiger partial charge in [-0.1, -0.05) is 18.2 Å². The molecule has 3 saturated heterocycles. The van der Waals surface area contributed by atoms with E-state index in [9.17, 15) is 14.4 Å². The lowest BCUT2D eigenvalue weighted by molar-refractivity contribution is -0.136. The molecule has 0 saturated carbocycles. The number of likely N-dealkylation sites (tertiary alicyclic amines) is 1. The maximum absolute atomic E-state index is 13.2. The first-order chi connectivity index (χ1) is 13.6. The molecule has 5 rings (SSSR count). The maximum Gasteiger partial charge on any atom is 0.255 e. The topological polar surface area (TPSA) is 81.8 Å². The Labute approximate surface area is 164 Å². The molecule has 4 aliphatic heterocycles. The zero-order valence-electron chi connectivity index (χ0n) is 15.9. The summed E-state index contributed by atoms with van der Waals surface area (Å²) >= 11 is 0. The van der Waals surface area contributed by atoms with Crippen LogP contribution in [0.3, 0.4) is 0 Å². The number of benzene rings is 1. The minimum Gasteiger partial charge on any atom is -0.322 e. The Kier molecular flexibility index (Phi) is 4.44. The average molecular weight is 382 g/mol. The Balaban J connectivity index is 1.35. The highest BCUT2D eigenvalue weighted by atomic mass is 16.2. The zero-order valence-corrected chi connectivity index (χ0v) is 15.9. The first-order valence-corrected chi connectivity index (χ1v) is 10.3. The molecule has 3 unspecified atom stereocenters. The van der Waals surface area contributed by atoms with Gasteiger partial charge >= 0.3 is 0 Å². The number of piperidine rings is 3. The molecule has 7 nitrogen and oxygen atoms in total. The summed E-state index contributed by atoms with van der Waals surface area (Å²) in [5, 5.41) is 5.89. The first kappa shape index (κ1) is 17.8. The molecule has 148 valence electrons. The van der Waals surface area contributed by atoms with E-state index >= 15 is 0 Å². The van der Waals surface area contributed by atoms with Gasteiger partial charge in [0.05, 0.1) is 0 Å². The van der Waals surface area contributed by atoms with Crippen molar-refractivity contribution >= 4 is 17.7 Å². The van der Waals surface area contributed by atoms with E-state index in [-0.39, 0.29) is 24.1 Å². The van der Waals surface area contributed by atoms with Gasteiger partial charge in [0.2, 0.25) is 11.8 Å². The van der Waals surface area contributed by atoms with Crippen LogP contribution in [0.1, 0.15) is 40.7 Å². The van der Waals surface area contributed by atoms with E-state index in [2.05, 4.69) is 15.5 Å². The van der Waals surface area contributed by atoms with Crippen LogP contribution in [0, 0.1) is 11.8 Å². The van der Waals surface area contributed by atoms with Crippen LogP contribution in [-0.4, -0.2) is 59.7 Å². The number of hydrogen-bond acceptors (Lipinski definition) is 5. The third-order valence-electron chi connectivity index (χ3n) is 6.60. The number of carbonyl (C=O) groups is 3. The number of fused-ring (bicyclic) bond motifs is 3. The van der Waals surface area contributed by atoms with E-state index in [0.29, 0.717) is 24.8 Å². The summed E-state index contributed by atoms with van der Waals surface area (Å²) < 4.78 is 0. The van der Waals surface area contributed by atoms with E-state index < -0.39 is 6.04 Å². The van der Waals surface area contributed by atoms with Gasteiger partial charge in [0.25, 0.3) is 5.91 Å². The number of hydrogen-bond donors (Lipinski definition) is 2. The molecular weight excluding hydrogens is 356 g/mol. The zero-order chi connectivity index (χ0) is 19.3. The third kappa shape index (κ3) is 3.12. The predicted molar refractivity (Wildman–Crippen MR) is 102 cm³/mol. The van der Waals surface area contributed by atoms with Gasteiger partial charge in [0.15, 0.2) is 0 Å². The van der Waals surface area contributed by atoms with E-state index in [0.717, 1.165) is 49.4 Å². The monoisotopic (exact) mass is 382 g/mol. The predicted octanol–water partition coefficient (Wildman–Crippen LogP) is 0.489. The normalized spacial score (nSPS) is 30.4. The van der Waals surface area contributed by atoms with E-state index in [1.54, 1.807) is 4.90 Å². The van der Waals surface area contributed by atoms with Gasteiger partial charge in [0.1, 0.15) is 6.04 Å². The van der Waals surface area contributed by atoms with Crippen LogP contribution in [0.4, 0.5) is 0 Å². The number of amides is 3. The molecule has 3 atom stereocenters. The molecule has 7 heteroatoms. The van der Waals surface area contributed by atoms with E-state index in [1.807, 2.05) is 18.2 Å². The number of rotatable bonds is 3. The molecule has 2 N–H and O–H groups in total. The Morgan fingerprint density at radius 1 is 1.07 bits per heavy atom. The number of carbonyl (C=O) groups excluding carboxylic acids is 3. The molecule has 3 amide bonds. The van der Waals surface area contributed by atoms with Crippen molar-refractivity contribution in [1.29, 1.82) is 0 Å². The van der Waals surface area contributed by atoms with Gasteiger partial charge < -0.3 is 10.2 Å². The van der Waals surface area contributed by atoms with E-state index in [4.69, 9.17) is 0 Å². The molecule has 3 fully saturated rings. The molecule has 2 bridgehead atoms. The number of nitrogens with one attached hydrogen (secondary N) is 2. The van der Waals surface area contributed by atoms with Crippen molar-refractivity contribution in [3.05, 3.63) is 34.9 Å². The lowest BCUT2D eigenvalue weighted by atomic mass is 9.85. The van der Waals surface area contributed by atoms with Crippen molar-refractivity contribution in [1.82, 2.24) is 20.4 Å². The Morgan fingerprint density at radius 3 is 2.61 bits per heavy atom. The second-order valence-electron chi connectivity index (χ2n) is 8.67. The van der Waals surface area contributed by atoms with Gasteiger partial charge in [0, 0.05) is 38.2 Å². The highest BCUT2D eigenvalue weighted by Crippen LogP contribution is 2.32. The minimum absolute atomic E-state index is 0.0704. The Morgan fingerprint density at radius 2 is 1.86 bits per heavy atom. The minimum atomic E-state index is -0.550. The van der Waals surface area contributed by atoms with Crippen molar-refractivity contribution in [2.24, 2.45) is 11.8 Å². The summed E-state index contributed by atoms with van der Waals surface area (Å²) in [6.45, 7) is 5.54. The summed E-state index contributed by atoms with van der Waals surface area (Å²) in [5.74, 6) is 0.713. The van der Waals surface area contributed by atoms with Crippen LogP contribution in [0.2, 0.25) is 0 Å². The summed E-state index contributed by atoms with van der Waals surface area (Å²) in [6.07, 6.45) is 1.99. The van der Waals surface area contributed by atoms with Crippen LogP contribution in [0.25, 0.3) is 0 Å². The van der Waals surface area contributed by atoms with Crippen molar-refractivity contribution < 1.29 is 14.4 Å². The molecular formula is C21H26N4O3. The van der Waals surface area contributed by atoms with Crippen LogP contribution in [0.5, 0.6) is 0 Å². The average Bonchev–Trinajstić information content (AvgIpc) is 2.99. The molecule has 4 aliphatic rings. The van der Waals surface area contributed by atoms with Crippen LogP contribution < -0.4 is 10.6 Å². The quantitative estimate of drug-likeness (QED) is 0.744. The summed E-state index contributed by atoms with van der Waals surface area (Å²) in [4.78, 5) is 41.0. The summed E-state index contributed by atoms with van der Waals surface area (Å²) in [7, 11) is 0. The molecule has 1 aromatic rings. The summed E-state index contributed by atoms with van der Waals surface area (Å²) in [6, 6.07) is 5.50. The fourth-order valence-electron chi connectivity index (χ4n) is 5.40. The van der Waals surface area contributed by atoms with Crippen molar-refractivity contribution in [3.63, 3.8) is 0 Å². The smallest absolute Gasteiger partial charge is 0.255 e. The van der Waals surface area contributed by atoms with Crippen LogP contribution in [-0.2, 0) is 22.7 Å². The fraction of sp³-hybridized carbons (Fsp3) is 0.571. The molecule has 0 aliphatic carbocycles. The SMILES string of the molecule is O=C1CCC(N2Cc3cccc(CN4CC5CNCC(C5)C4)c3C2=O)C(=O)N1. The van der Waals surface area contributed by atoms with Crippen molar-refractivity contribution in [3.8, 4) is 0 Å². The fourth-order valence-corrected chi connectivity index (χ4v) is 5.40. The van der Waals surface area contributed by atoms with Gasteiger partial charge in [-0.25, -0.2) is 0 Å². The molecule has 0 spiro atoms. The Hall–Kier alpha value is -2.25. The largest absolute Gasteiger partial charge is 0.322 e. The first-order valence-electron chi connectivity index (χ1n) is 10.3. The van der Waals surface area contributed by atoms with Gasteiger partial charge in [-0.3, -0.25) is 24.6 Å². The third-order valence-corrected chi connectivity index (χ3v) is 6.60. The highest BCUT2D eigenvalue weighted by molar-refractivity contribution is 6.05. The standard InChI is InChI=1S/C21H26N4O3/c26-18-5-4-17(20(27)23-18)25-12-16-3-1-2-15(19(16)21(25)28)11-24-9-13-6-14(10-24)8-22-7-13/h1-3,13-14,17,22H,4-12H2,(H,23,26,27). The molecule has 4 heterocycles. The molecule has 1 aromatic carbocycles. The molecule has 28 heavy (non-hydrogen) atoms. The lowest BCUT2D eigenvalue weighted by Gasteiger charge is -2.41. The lowest BCUT2D eigenvalue weighted by Crippen LogP contribution is -2.52. The molecule has 0 radical (unpaired) electrons. The summed E-state index contributed by atoms with van der Waals surface area (Å²) in [5.41, 5.74) is 2.82. The van der Waals surface area contributed by atoms with Gasteiger partial charge in [-0.05, 0) is 48.9 Å². The number of nitrogens with zero attached hydrogens (tertiary/aromatic N) is 2. The maximum atomic E-state index is 13.2. The van der Waals surface area contributed by atoms with Crippen molar-refractivity contribution in [2.75, 3.05) is 26.2 Å². The highest BCUT2D eigenvalue weighted by Gasteiger charge is 2.40. The molecule has 0 aromatic heterocycles. The van der Waals surface area contributed by atoms with Gasteiger partial charge in [-0.15, -0.1) is 0 Å². The number of imide groups is 1. The van der Waals surface area contributed by atoms with Crippen LogP contribution in [0.15, 0.2) is 18.2 Å². The Bertz CT molecular complexity index is 827. The second kappa shape index (κ2) is 6.97.